The largest absolute Gasteiger partial charge is 0.504 e. The van der Waals surface area contributed by atoms with Crippen molar-refractivity contribution < 1.29 is 29.2 Å². The van der Waals surface area contributed by atoms with Gasteiger partial charge < -0.3 is 35.1 Å². The van der Waals surface area contributed by atoms with Crippen LogP contribution in [-0.4, -0.2) is 68.0 Å². The van der Waals surface area contributed by atoms with Gasteiger partial charge in [-0.05, 0) is 131 Å². The summed E-state index contributed by atoms with van der Waals surface area (Å²) in [6.45, 7) is 1.46. The Morgan fingerprint density at radius 1 is 1.04 bits per heavy atom. The number of anilines is 1. The maximum atomic E-state index is 14.2. The third-order valence-corrected chi connectivity index (χ3v) is 12.2. The lowest BCUT2D eigenvalue weighted by Gasteiger charge is -2.33. The van der Waals surface area contributed by atoms with Crippen LogP contribution in [-0.2, 0) is 22.4 Å². The highest BCUT2D eigenvalue weighted by molar-refractivity contribution is 5.97. The average Bonchev–Trinajstić information content (AvgIpc) is 3.77. The molecule has 0 aromatic heterocycles. The topological polar surface area (TPSA) is 134 Å². The number of carbonyl (C=O) groups excluding carboxylic acids is 1. The van der Waals surface area contributed by atoms with E-state index in [1.807, 2.05) is 37.4 Å². The van der Waals surface area contributed by atoms with Crippen molar-refractivity contribution in [3.05, 3.63) is 53.6 Å². The number of guanidine groups is 1. The number of nitrogens with zero attached hydrogens (tertiary/aromatic N) is 1. The molecule has 2 aromatic carbocycles. The molecule has 3 saturated carbocycles. The first-order valence-electron chi connectivity index (χ1n) is 20.1. The first-order valence-corrected chi connectivity index (χ1v) is 20.1. The molecule has 3 aliphatic carbocycles. The van der Waals surface area contributed by atoms with Crippen LogP contribution in [0.15, 0.2) is 47.5 Å². The third kappa shape index (κ3) is 9.53. The maximum Gasteiger partial charge on any atom is 0.207 e. The molecule has 3 fully saturated rings. The number of hydrogen-bond donors (Lipinski definition) is 5. The molecule has 5 N–H and O–H groups in total. The van der Waals surface area contributed by atoms with E-state index in [-0.39, 0.29) is 23.2 Å². The molecule has 6 rings (SSSR count). The summed E-state index contributed by atoms with van der Waals surface area (Å²) in [6.07, 6.45) is 19.2. The highest BCUT2D eigenvalue weighted by Gasteiger charge is 2.47. The number of rotatable bonds is 11. The number of aromatic hydroxyl groups is 2. The molecule has 1 heterocycles. The van der Waals surface area contributed by atoms with Crippen molar-refractivity contribution in [2.45, 2.75) is 114 Å². The summed E-state index contributed by atoms with van der Waals surface area (Å²) in [5, 5.41) is 31.6. The fraction of sp³-hybridized carbons (Fsp3) is 0.591. The van der Waals surface area contributed by atoms with Gasteiger partial charge in [0.2, 0.25) is 5.96 Å². The zero-order valence-corrected chi connectivity index (χ0v) is 32.5. The first kappa shape index (κ1) is 39.5. The molecular weight excluding hydrogens is 681 g/mol. The number of ether oxygens (including phenoxy) is 3. The van der Waals surface area contributed by atoms with Crippen LogP contribution in [0.25, 0.3) is 0 Å². The van der Waals surface area contributed by atoms with Crippen molar-refractivity contribution in [1.82, 2.24) is 10.6 Å². The van der Waals surface area contributed by atoms with E-state index in [2.05, 4.69) is 32.9 Å². The van der Waals surface area contributed by atoms with E-state index in [0.717, 1.165) is 62.7 Å². The minimum absolute atomic E-state index is 0.0302. The van der Waals surface area contributed by atoms with Crippen molar-refractivity contribution in [1.29, 1.82) is 0 Å². The van der Waals surface area contributed by atoms with Crippen molar-refractivity contribution in [2.24, 2.45) is 22.2 Å². The summed E-state index contributed by atoms with van der Waals surface area (Å²) in [6, 6.07) is 12.3. The van der Waals surface area contributed by atoms with Gasteiger partial charge in [-0.15, -0.1) is 0 Å². The fourth-order valence-corrected chi connectivity index (χ4v) is 9.34. The Kier molecular flexibility index (Phi) is 13.5. The van der Waals surface area contributed by atoms with Gasteiger partial charge in [-0.2, -0.15) is 0 Å². The van der Waals surface area contributed by atoms with Gasteiger partial charge in [-0.25, -0.2) is 0 Å². The summed E-state index contributed by atoms with van der Waals surface area (Å²) in [4.78, 5) is 18.6. The lowest BCUT2D eigenvalue weighted by atomic mass is 9.69. The number of aryl methyl sites for hydroxylation is 1. The van der Waals surface area contributed by atoms with Crippen LogP contribution in [0.1, 0.15) is 101 Å². The Bertz CT molecular complexity index is 1730. The Morgan fingerprint density at radius 2 is 1.89 bits per heavy atom. The fourth-order valence-electron chi connectivity index (χ4n) is 9.34. The second-order valence-electron chi connectivity index (χ2n) is 15.9. The van der Waals surface area contributed by atoms with Gasteiger partial charge in [0.15, 0.2) is 28.8 Å². The molecule has 4 aliphatic rings. The molecule has 2 aromatic rings. The average molecular weight is 741 g/mol. The standard InChI is InChI=1S/C44H60N4O6/c1-45-30-43(22-19-31(28-43)20-24-53-35-14-5-4-6-15-35)54-39-26-32-11-7-8-16-40(50)44(29-33-17-18-37(49)38(27-33)52-3)21-9-12-34(44)13-10-23-47-42(46-2)48-36(25-32)41(39)51/h8,16-18,25-27,31,34-35,45,49,51H,4-7,9,11-15,19-22,24,28-30H2,1-3H3,(H2,46,47,48). The second-order valence-corrected chi connectivity index (χ2v) is 15.9. The SMILES string of the molecule is CN=C1NC#CCC2CCCC2(Cc2ccc(O)c(OC)c2)C(=O)C=CCCc2cc(c(O)c(OC3(CNC)CCC(CCOC4CCCCC4)C3)c2)N1. The van der Waals surface area contributed by atoms with Gasteiger partial charge in [0.1, 0.15) is 5.60 Å². The highest BCUT2D eigenvalue weighted by atomic mass is 16.5. The summed E-state index contributed by atoms with van der Waals surface area (Å²) in [7, 11) is 5.16. The molecule has 2 bridgehead atoms. The summed E-state index contributed by atoms with van der Waals surface area (Å²) in [5.74, 6) is 5.29. The van der Waals surface area contributed by atoms with Crippen LogP contribution in [0.4, 0.5) is 5.69 Å². The maximum absolute atomic E-state index is 14.2. The van der Waals surface area contributed by atoms with Crippen LogP contribution >= 0.6 is 0 Å². The Labute approximate surface area is 321 Å². The molecule has 4 unspecified atom stereocenters. The van der Waals surface area contributed by atoms with E-state index in [9.17, 15) is 15.0 Å². The lowest BCUT2D eigenvalue weighted by molar-refractivity contribution is -0.125. The number of likely N-dealkylation sites (N-methyl/N-ethyl adjacent to an activating group) is 1. The van der Waals surface area contributed by atoms with Gasteiger partial charge in [0.05, 0.1) is 18.9 Å². The van der Waals surface area contributed by atoms with Gasteiger partial charge in [0.25, 0.3) is 0 Å². The molecule has 292 valence electrons. The number of hydrogen-bond acceptors (Lipinski definition) is 8. The van der Waals surface area contributed by atoms with Crippen molar-refractivity contribution in [3.63, 3.8) is 0 Å². The monoisotopic (exact) mass is 740 g/mol. The van der Waals surface area contributed by atoms with E-state index in [0.29, 0.717) is 67.4 Å². The minimum Gasteiger partial charge on any atom is -0.504 e. The number of fused-ring (bicyclic) bond motifs is 3. The highest BCUT2D eigenvalue weighted by Crippen LogP contribution is 2.49. The van der Waals surface area contributed by atoms with Crippen LogP contribution < -0.4 is 25.4 Å². The predicted octanol–water partition coefficient (Wildman–Crippen LogP) is 7.42. The third-order valence-electron chi connectivity index (χ3n) is 12.2. The molecule has 10 heteroatoms. The molecule has 0 saturated heterocycles. The molecule has 0 amide bonds. The molecule has 10 nitrogen and oxygen atoms in total. The Balaban J connectivity index is 1.22. The van der Waals surface area contributed by atoms with Crippen LogP contribution in [0, 0.1) is 29.2 Å². The van der Waals surface area contributed by atoms with E-state index in [4.69, 9.17) is 14.2 Å². The predicted molar refractivity (Wildman–Crippen MR) is 213 cm³/mol. The number of aliphatic imine (C=N–C) groups is 1. The van der Waals surface area contributed by atoms with Crippen molar-refractivity contribution in [2.75, 3.05) is 39.7 Å². The summed E-state index contributed by atoms with van der Waals surface area (Å²) >= 11 is 0. The normalized spacial score (nSPS) is 27.1. The Morgan fingerprint density at radius 3 is 2.69 bits per heavy atom. The van der Waals surface area contributed by atoms with Crippen molar-refractivity contribution in [3.8, 4) is 35.0 Å². The van der Waals surface area contributed by atoms with Crippen molar-refractivity contribution >= 4 is 17.4 Å². The second kappa shape index (κ2) is 18.4. The molecular formula is C44H60N4O6. The first-order chi connectivity index (χ1) is 26.3. The van der Waals surface area contributed by atoms with Gasteiger partial charge >= 0.3 is 0 Å². The summed E-state index contributed by atoms with van der Waals surface area (Å²) in [5.41, 5.74) is 1.33. The molecule has 4 atom stereocenters. The number of nitrogens with one attached hydrogen (secondary N) is 3. The number of phenolic OH excluding ortho intramolecular Hbond substituents is 2. The number of phenols is 2. The number of carbonyl (C=O) groups is 1. The number of methoxy groups -OCH3 is 1. The summed E-state index contributed by atoms with van der Waals surface area (Å²) < 4.78 is 18.5. The molecule has 0 spiro atoms. The van der Waals surface area contributed by atoms with Crippen LogP contribution in [0.2, 0.25) is 0 Å². The quantitative estimate of drug-likeness (QED) is 0.118. The zero-order valence-electron chi connectivity index (χ0n) is 32.5. The number of benzene rings is 2. The van der Waals surface area contributed by atoms with E-state index in [1.54, 1.807) is 19.2 Å². The molecule has 54 heavy (non-hydrogen) atoms. The van der Waals surface area contributed by atoms with E-state index in [1.165, 1.54) is 39.2 Å². The Hall–Kier alpha value is -4.20. The van der Waals surface area contributed by atoms with E-state index < -0.39 is 11.0 Å². The smallest absolute Gasteiger partial charge is 0.207 e. The van der Waals surface area contributed by atoms with E-state index >= 15 is 0 Å². The van der Waals surface area contributed by atoms with Gasteiger partial charge in [0, 0.05) is 38.1 Å². The van der Waals surface area contributed by atoms with Gasteiger partial charge in [-0.3, -0.25) is 15.1 Å². The number of allylic oxidation sites excluding steroid dienone is 2. The lowest BCUT2D eigenvalue weighted by Crippen LogP contribution is -2.42. The van der Waals surface area contributed by atoms with Crippen LogP contribution in [0.5, 0.6) is 23.0 Å². The zero-order chi connectivity index (χ0) is 38.0. The minimum atomic E-state index is -0.611. The van der Waals surface area contributed by atoms with Crippen LogP contribution in [0.3, 0.4) is 0 Å². The van der Waals surface area contributed by atoms with Gasteiger partial charge in [-0.1, -0.05) is 43.7 Å². The molecule has 0 radical (unpaired) electrons. The molecule has 1 aliphatic heterocycles. The number of ketones is 1.